The molecule has 0 aromatic rings. The topological polar surface area (TPSA) is 239 Å². The minimum Gasteiger partial charge on any atom is -0.396 e. The minimum atomic E-state index is -1.74. The van der Waals surface area contributed by atoms with Crippen molar-refractivity contribution < 1.29 is 70.0 Å². The fourth-order valence-electron chi connectivity index (χ4n) is 13.1. The Balaban J connectivity index is 1.15. The highest BCUT2D eigenvalue weighted by molar-refractivity contribution is 5.47. The number of aliphatic hydroxyl groups excluding tert-OH is 10. The second-order valence-corrected chi connectivity index (χ2v) is 20.1. The Labute approximate surface area is 330 Å². The molecule has 0 bridgehead atoms. The quantitative estimate of drug-likeness (QED) is 0.152. The molecule has 2 heterocycles. The number of ether oxygens (including phenoxy) is 4. The van der Waals surface area contributed by atoms with Gasteiger partial charge in [-0.15, -0.1) is 0 Å². The van der Waals surface area contributed by atoms with E-state index in [4.69, 9.17) is 18.9 Å². The lowest BCUT2D eigenvalue weighted by molar-refractivity contribution is -0.367. The average Bonchev–Trinajstić information content (AvgIpc) is 3.17. The first-order chi connectivity index (χ1) is 26.2. The van der Waals surface area contributed by atoms with Crippen LogP contribution < -0.4 is 0 Å². The van der Waals surface area contributed by atoms with E-state index in [-0.39, 0.29) is 47.9 Å². The SMILES string of the molecule is C[C@H]1O[C@@H](OC2CCC3(C)C(CCC4(C)C3C=CC3=C5CC(C)(CO)CCC5(CO)C(O)CC34C)C2(C)CO)[C@H](O)[C@@H](O[C@@H]2O[C@H](CO)[C@@H](O)[C@H](O)[C@H]2O)[C@H]1O. The summed E-state index contributed by atoms with van der Waals surface area (Å²) in [7, 11) is 0. The van der Waals surface area contributed by atoms with E-state index in [2.05, 4.69) is 39.8 Å². The van der Waals surface area contributed by atoms with E-state index in [0.717, 1.165) is 31.3 Å². The van der Waals surface area contributed by atoms with E-state index >= 15 is 0 Å². The molecule has 320 valence electrons. The molecule has 7 rings (SSSR count). The van der Waals surface area contributed by atoms with Crippen LogP contribution in [0.1, 0.15) is 92.9 Å². The van der Waals surface area contributed by atoms with Crippen molar-refractivity contribution in [2.24, 2.45) is 44.3 Å². The molecule has 0 amide bonds. The van der Waals surface area contributed by atoms with E-state index in [1.54, 1.807) is 6.92 Å². The summed E-state index contributed by atoms with van der Waals surface area (Å²) in [6.45, 7) is 11.7. The van der Waals surface area contributed by atoms with Crippen molar-refractivity contribution in [2.75, 3.05) is 26.4 Å². The highest BCUT2D eigenvalue weighted by atomic mass is 16.7. The number of rotatable bonds is 8. The Morgan fingerprint density at radius 2 is 1.43 bits per heavy atom. The Morgan fingerprint density at radius 3 is 2.07 bits per heavy atom. The highest BCUT2D eigenvalue weighted by Gasteiger charge is 2.69. The summed E-state index contributed by atoms with van der Waals surface area (Å²) in [5, 5.41) is 108. The van der Waals surface area contributed by atoms with E-state index in [0.29, 0.717) is 25.7 Å². The first-order valence-electron chi connectivity index (χ1n) is 20.8. The molecule has 5 fully saturated rings. The van der Waals surface area contributed by atoms with Gasteiger partial charge in [-0.1, -0.05) is 52.3 Å². The number of aliphatic hydroxyl groups is 10. The van der Waals surface area contributed by atoms with Crippen molar-refractivity contribution in [3.05, 3.63) is 23.3 Å². The maximum absolute atomic E-state index is 12.0. The van der Waals surface area contributed by atoms with Crippen molar-refractivity contribution in [3.8, 4) is 0 Å². The van der Waals surface area contributed by atoms with E-state index in [1.807, 2.05) is 6.92 Å². The Kier molecular flexibility index (Phi) is 11.4. The lowest BCUT2D eigenvalue weighted by atomic mass is 9.35. The molecule has 56 heavy (non-hydrogen) atoms. The van der Waals surface area contributed by atoms with Crippen molar-refractivity contribution in [3.63, 3.8) is 0 Å². The molecule has 10 N–H and O–H groups in total. The molecule has 0 spiro atoms. The van der Waals surface area contributed by atoms with Gasteiger partial charge in [0.15, 0.2) is 12.6 Å². The molecule has 2 aliphatic heterocycles. The molecule has 14 heteroatoms. The van der Waals surface area contributed by atoms with E-state index < -0.39 is 96.5 Å². The van der Waals surface area contributed by atoms with Gasteiger partial charge in [0.2, 0.25) is 0 Å². The van der Waals surface area contributed by atoms with Crippen LogP contribution in [0.5, 0.6) is 0 Å². The van der Waals surface area contributed by atoms with Crippen molar-refractivity contribution in [1.29, 1.82) is 0 Å². The first kappa shape index (κ1) is 43.0. The fraction of sp³-hybridized carbons (Fsp3) is 0.905. The summed E-state index contributed by atoms with van der Waals surface area (Å²) in [5.74, 6) is 0.0705. The smallest absolute Gasteiger partial charge is 0.187 e. The van der Waals surface area contributed by atoms with Gasteiger partial charge >= 0.3 is 0 Å². The normalized spacial score (nSPS) is 55.9. The van der Waals surface area contributed by atoms with Crippen molar-refractivity contribution in [2.45, 2.75) is 167 Å². The van der Waals surface area contributed by atoms with Crippen LogP contribution in [0.25, 0.3) is 0 Å². The zero-order valence-corrected chi connectivity index (χ0v) is 33.8. The van der Waals surface area contributed by atoms with Crippen LogP contribution in [-0.4, -0.2) is 151 Å². The molecule has 0 aromatic carbocycles. The predicted octanol–water partition coefficient (Wildman–Crippen LogP) is 0.653. The molecule has 10 unspecified atom stereocenters. The van der Waals surface area contributed by atoms with E-state index in [1.165, 1.54) is 5.57 Å². The molecule has 20 atom stereocenters. The van der Waals surface area contributed by atoms with Crippen LogP contribution in [0, 0.1) is 44.3 Å². The van der Waals surface area contributed by atoms with Gasteiger partial charge in [-0.25, -0.2) is 0 Å². The van der Waals surface area contributed by atoms with Crippen LogP contribution in [0.2, 0.25) is 0 Å². The highest BCUT2D eigenvalue weighted by Crippen LogP contribution is 2.74. The van der Waals surface area contributed by atoms with Gasteiger partial charge < -0.3 is 70.0 Å². The van der Waals surface area contributed by atoms with Gasteiger partial charge in [-0.2, -0.15) is 0 Å². The standard InChI is InChI=1S/C42H68O14/c1-21-29(48)34(56-35-32(51)31(50)30(49)24(17-43)54-35)33(52)36(53-21)55-28-10-11-38(3)25(39(28,4)19-45)9-12-40(5)26(38)8-7-22-23-15-37(2,18-44)13-14-42(23,20-46)27(47)16-41(22,40)6/h7-8,21,24-36,43-52H,9-20H2,1-6H3/t21-,24-,25?,26?,27?,28?,29+,30-,31+,32-,33-,34+,35+,36+,37?,38?,39?,40?,41?,42?/m1/s1. The summed E-state index contributed by atoms with van der Waals surface area (Å²) in [6, 6.07) is 0. The molecular formula is C42H68O14. The third-order valence-corrected chi connectivity index (χ3v) is 17.1. The Bertz CT molecular complexity index is 1520. The molecule has 0 radical (unpaired) electrons. The molecular weight excluding hydrogens is 728 g/mol. The largest absolute Gasteiger partial charge is 0.396 e. The molecule has 3 saturated carbocycles. The van der Waals surface area contributed by atoms with Gasteiger partial charge in [0.1, 0.15) is 42.7 Å². The Morgan fingerprint density at radius 1 is 0.732 bits per heavy atom. The second-order valence-electron chi connectivity index (χ2n) is 20.1. The van der Waals surface area contributed by atoms with Gasteiger partial charge in [0.25, 0.3) is 0 Å². The third-order valence-electron chi connectivity index (χ3n) is 17.1. The zero-order chi connectivity index (χ0) is 41.0. The van der Waals surface area contributed by atoms with Crippen LogP contribution in [-0.2, 0) is 18.9 Å². The molecule has 14 nitrogen and oxygen atoms in total. The van der Waals surface area contributed by atoms with Crippen LogP contribution in [0.4, 0.5) is 0 Å². The Hall–Kier alpha value is -1.08. The minimum absolute atomic E-state index is 0.0124. The van der Waals surface area contributed by atoms with Gasteiger partial charge in [-0.3, -0.25) is 0 Å². The summed E-state index contributed by atoms with van der Waals surface area (Å²) in [6.07, 6.45) is -5.79. The summed E-state index contributed by atoms with van der Waals surface area (Å²) in [4.78, 5) is 0. The molecule has 5 aliphatic carbocycles. The summed E-state index contributed by atoms with van der Waals surface area (Å²) >= 11 is 0. The van der Waals surface area contributed by atoms with Crippen LogP contribution >= 0.6 is 0 Å². The maximum Gasteiger partial charge on any atom is 0.187 e. The lowest BCUT2D eigenvalue weighted by Crippen LogP contribution is -2.67. The predicted molar refractivity (Wildman–Crippen MR) is 200 cm³/mol. The second kappa shape index (κ2) is 14.8. The summed E-state index contributed by atoms with van der Waals surface area (Å²) < 4.78 is 24.0. The van der Waals surface area contributed by atoms with Crippen LogP contribution in [0.15, 0.2) is 23.3 Å². The van der Waals surface area contributed by atoms with Gasteiger partial charge in [-0.05, 0) is 91.9 Å². The fourth-order valence-corrected chi connectivity index (χ4v) is 13.1. The van der Waals surface area contributed by atoms with Crippen molar-refractivity contribution >= 4 is 0 Å². The number of allylic oxidation sites excluding steroid dienone is 3. The van der Waals surface area contributed by atoms with Gasteiger partial charge in [0.05, 0.1) is 38.1 Å². The summed E-state index contributed by atoms with van der Waals surface area (Å²) in [5.41, 5.74) is -0.498. The monoisotopic (exact) mass is 796 g/mol. The number of fused-ring (bicyclic) bond motifs is 6. The molecule has 2 saturated heterocycles. The number of hydrogen-bond acceptors (Lipinski definition) is 14. The molecule has 7 aliphatic rings. The first-order valence-corrected chi connectivity index (χ1v) is 20.8. The van der Waals surface area contributed by atoms with E-state index in [9.17, 15) is 51.1 Å². The number of hydrogen-bond donors (Lipinski definition) is 10. The lowest BCUT2D eigenvalue weighted by Gasteiger charge is -2.70. The van der Waals surface area contributed by atoms with Gasteiger partial charge in [0, 0.05) is 22.9 Å². The van der Waals surface area contributed by atoms with Crippen molar-refractivity contribution in [1.82, 2.24) is 0 Å². The van der Waals surface area contributed by atoms with Crippen LogP contribution in [0.3, 0.4) is 0 Å². The zero-order valence-electron chi connectivity index (χ0n) is 33.8. The molecule has 0 aromatic heterocycles. The average molecular weight is 797 g/mol. The third kappa shape index (κ3) is 6.10. The maximum atomic E-state index is 12.0.